The first-order valence-electron chi connectivity index (χ1n) is 6.58. The van der Waals surface area contributed by atoms with E-state index in [0.29, 0.717) is 5.41 Å². The van der Waals surface area contributed by atoms with E-state index in [9.17, 15) is 13.6 Å². The minimum Gasteiger partial charge on any atom is -0.296 e. The maximum Gasteiger partial charge on any atom is 0.176 e. The summed E-state index contributed by atoms with van der Waals surface area (Å²) in [5.41, 5.74) is 0.574. The number of Topliss-reactive ketones (excluding diaryl/α,β-unsaturated/α-hetero) is 1. The zero-order valence-corrected chi connectivity index (χ0v) is 11.4. The van der Waals surface area contributed by atoms with Gasteiger partial charge in [-0.3, -0.25) is 9.69 Å². The van der Waals surface area contributed by atoms with E-state index in [2.05, 4.69) is 18.7 Å². The number of hydrogen-bond donors (Lipinski definition) is 0. The number of carbonyl (C=O) groups is 1. The molecule has 0 saturated carbocycles. The minimum absolute atomic E-state index is 0.154. The molecule has 0 aromatic heterocycles. The Morgan fingerprint density at radius 2 is 1.84 bits per heavy atom. The third-order valence-electron chi connectivity index (χ3n) is 3.82. The maximum absolute atomic E-state index is 13.1. The molecule has 1 aliphatic heterocycles. The molecule has 2 rings (SSSR count). The molecule has 0 unspecified atom stereocenters. The van der Waals surface area contributed by atoms with Crippen molar-refractivity contribution in [1.29, 1.82) is 0 Å². The number of hydrogen-bond acceptors (Lipinski definition) is 2. The van der Waals surface area contributed by atoms with Crippen molar-refractivity contribution in [3.63, 3.8) is 0 Å². The van der Waals surface area contributed by atoms with Crippen molar-refractivity contribution in [3.8, 4) is 0 Å². The smallest absolute Gasteiger partial charge is 0.176 e. The normalized spacial score (nSPS) is 19.4. The third-order valence-corrected chi connectivity index (χ3v) is 3.82. The lowest BCUT2D eigenvalue weighted by Crippen LogP contribution is -2.40. The van der Waals surface area contributed by atoms with Crippen LogP contribution in [0.4, 0.5) is 8.78 Å². The number of carbonyl (C=O) groups excluding carboxylic acids is 1. The van der Waals surface area contributed by atoms with Crippen molar-refractivity contribution in [2.45, 2.75) is 26.7 Å². The predicted molar refractivity (Wildman–Crippen MR) is 70.1 cm³/mol. The molecule has 0 atom stereocenters. The first kappa shape index (κ1) is 14.1. The van der Waals surface area contributed by atoms with E-state index in [4.69, 9.17) is 0 Å². The van der Waals surface area contributed by atoms with Gasteiger partial charge in [-0.15, -0.1) is 0 Å². The van der Waals surface area contributed by atoms with Gasteiger partial charge in [0.05, 0.1) is 6.54 Å². The standard InChI is InChI=1S/C15H19F2NO/c1-15(2)5-7-18(8-6-15)10-14(19)11-3-4-12(16)13(17)9-11/h3-4,9H,5-8,10H2,1-2H3. The Labute approximate surface area is 112 Å². The molecular weight excluding hydrogens is 248 g/mol. The van der Waals surface area contributed by atoms with E-state index in [-0.39, 0.29) is 17.9 Å². The summed E-state index contributed by atoms with van der Waals surface area (Å²) in [6.07, 6.45) is 2.11. The van der Waals surface area contributed by atoms with Crippen molar-refractivity contribution in [2.24, 2.45) is 5.41 Å². The van der Waals surface area contributed by atoms with E-state index in [1.54, 1.807) is 0 Å². The second-order valence-electron chi connectivity index (χ2n) is 5.99. The summed E-state index contributed by atoms with van der Waals surface area (Å²) in [4.78, 5) is 14.1. The molecule has 1 aliphatic rings. The first-order valence-corrected chi connectivity index (χ1v) is 6.58. The molecule has 1 aromatic rings. The van der Waals surface area contributed by atoms with Crippen LogP contribution in [0.5, 0.6) is 0 Å². The number of piperidine rings is 1. The lowest BCUT2D eigenvalue weighted by Gasteiger charge is -2.36. The minimum atomic E-state index is -0.967. The topological polar surface area (TPSA) is 20.3 Å². The van der Waals surface area contributed by atoms with E-state index in [1.807, 2.05) is 0 Å². The molecule has 1 heterocycles. The molecule has 4 heteroatoms. The zero-order valence-electron chi connectivity index (χ0n) is 11.4. The molecular formula is C15H19F2NO. The molecule has 2 nitrogen and oxygen atoms in total. The number of rotatable bonds is 3. The van der Waals surface area contributed by atoms with Crippen LogP contribution in [0.25, 0.3) is 0 Å². The zero-order chi connectivity index (χ0) is 14.0. The molecule has 1 fully saturated rings. The van der Waals surface area contributed by atoms with Crippen LogP contribution in [0, 0.1) is 17.0 Å². The Morgan fingerprint density at radius 3 is 2.42 bits per heavy atom. The third kappa shape index (κ3) is 3.60. The van der Waals surface area contributed by atoms with Gasteiger partial charge in [0.25, 0.3) is 0 Å². The molecule has 1 aromatic carbocycles. The van der Waals surface area contributed by atoms with Crippen molar-refractivity contribution in [3.05, 3.63) is 35.4 Å². The predicted octanol–water partition coefficient (Wildman–Crippen LogP) is 3.27. The molecule has 0 spiro atoms. The van der Waals surface area contributed by atoms with E-state index in [1.165, 1.54) is 6.07 Å². The lowest BCUT2D eigenvalue weighted by molar-refractivity contribution is 0.0845. The SMILES string of the molecule is CC1(C)CCN(CC(=O)c2ccc(F)c(F)c2)CC1. The highest BCUT2D eigenvalue weighted by Crippen LogP contribution is 2.29. The van der Waals surface area contributed by atoms with Gasteiger partial charge in [0, 0.05) is 5.56 Å². The van der Waals surface area contributed by atoms with Gasteiger partial charge in [0.2, 0.25) is 0 Å². The second-order valence-corrected chi connectivity index (χ2v) is 5.99. The van der Waals surface area contributed by atoms with Crippen LogP contribution >= 0.6 is 0 Å². The maximum atomic E-state index is 13.1. The van der Waals surface area contributed by atoms with Crippen LogP contribution in [0.1, 0.15) is 37.0 Å². The quantitative estimate of drug-likeness (QED) is 0.783. The molecule has 0 amide bonds. The van der Waals surface area contributed by atoms with Crippen molar-refractivity contribution in [1.82, 2.24) is 4.90 Å². The summed E-state index contributed by atoms with van der Waals surface area (Å²) < 4.78 is 25.9. The number of halogens is 2. The Morgan fingerprint density at radius 1 is 1.21 bits per heavy atom. The van der Waals surface area contributed by atoms with E-state index < -0.39 is 11.6 Å². The van der Waals surface area contributed by atoms with Gasteiger partial charge in [-0.2, -0.15) is 0 Å². The monoisotopic (exact) mass is 267 g/mol. The summed E-state index contributed by atoms with van der Waals surface area (Å²) in [5, 5.41) is 0. The van der Waals surface area contributed by atoms with E-state index >= 15 is 0 Å². The highest BCUT2D eigenvalue weighted by Gasteiger charge is 2.26. The Balaban J connectivity index is 1.96. The molecule has 1 saturated heterocycles. The number of ketones is 1. The average molecular weight is 267 g/mol. The fourth-order valence-electron chi connectivity index (χ4n) is 2.28. The summed E-state index contributed by atoms with van der Waals surface area (Å²) in [6.45, 7) is 6.48. The molecule has 0 bridgehead atoms. The second kappa shape index (κ2) is 5.37. The lowest BCUT2D eigenvalue weighted by atomic mass is 9.82. The van der Waals surface area contributed by atoms with Crippen LogP contribution in [-0.4, -0.2) is 30.3 Å². The van der Waals surface area contributed by atoms with Crippen molar-refractivity contribution >= 4 is 5.78 Å². The van der Waals surface area contributed by atoms with Gasteiger partial charge >= 0.3 is 0 Å². The molecule has 104 valence electrons. The van der Waals surface area contributed by atoms with Gasteiger partial charge in [0.1, 0.15) is 0 Å². The number of benzene rings is 1. The van der Waals surface area contributed by atoms with Gasteiger partial charge in [0.15, 0.2) is 17.4 Å². The number of nitrogens with zero attached hydrogens (tertiary/aromatic N) is 1. The number of likely N-dealkylation sites (tertiary alicyclic amines) is 1. The molecule has 0 N–H and O–H groups in total. The average Bonchev–Trinajstić information content (AvgIpc) is 2.35. The molecule has 0 aliphatic carbocycles. The summed E-state index contributed by atoms with van der Waals surface area (Å²) in [5.74, 6) is -2.04. The van der Waals surface area contributed by atoms with Crippen molar-refractivity contribution in [2.75, 3.05) is 19.6 Å². The Bertz CT molecular complexity index is 475. The van der Waals surface area contributed by atoms with Gasteiger partial charge in [-0.05, 0) is 49.5 Å². The fourth-order valence-corrected chi connectivity index (χ4v) is 2.28. The summed E-state index contributed by atoms with van der Waals surface area (Å²) >= 11 is 0. The van der Waals surface area contributed by atoms with Gasteiger partial charge in [-0.25, -0.2) is 8.78 Å². The van der Waals surface area contributed by atoms with Crippen LogP contribution < -0.4 is 0 Å². The van der Waals surface area contributed by atoms with Crippen LogP contribution in [0.3, 0.4) is 0 Å². The Kier molecular flexibility index (Phi) is 3.99. The van der Waals surface area contributed by atoms with E-state index in [0.717, 1.165) is 38.1 Å². The van der Waals surface area contributed by atoms with Crippen molar-refractivity contribution < 1.29 is 13.6 Å². The van der Waals surface area contributed by atoms with Crippen LogP contribution in [0.2, 0.25) is 0 Å². The van der Waals surface area contributed by atoms with Crippen LogP contribution in [0.15, 0.2) is 18.2 Å². The summed E-state index contributed by atoms with van der Waals surface area (Å²) in [7, 11) is 0. The molecule has 19 heavy (non-hydrogen) atoms. The fraction of sp³-hybridized carbons (Fsp3) is 0.533. The van der Waals surface area contributed by atoms with Crippen LogP contribution in [-0.2, 0) is 0 Å². The summed E-state index contributed by atoms with van der Waals surface area (Å²) in [6, 6.07) is 3.32. The highest BCUT2D eigenvalue weighted by atomic mass is 19.2. The largest absolute Gasteiger partial charge is 0.296 e. The van der Waals surface area contributed by atoms with Gasteiger partial charge < -0.3 is 0 Å². The molecule has 0 radical (unpaired) electrons. The first-order chi connectivity index (χ1) is 8.87. The highest BCUT2D eigenvalue weighted by molar-refractivity contribution is 5.97. The Hall–Kier alpha value is -1.29. The van der Waals surface area contributed by atoms with Gasteiger partial charge in [-0.1, -0.05) is 13.8 Å².